The number of ether oxygens (including phenoxy) is 2. The molecule has 0 aromatic rings. The Balaban J connectivity index is 2.88. The minimum Gasteiger partial charge on any atom is -0.462 e. The third-order valence-corrected chi connectivity index (χ3v) is 3.88. The van der Waals surface area contributed by atoms with Gasteiger partial charge in [-0.2, -0.15) is 0 Å². The molecule has 0 aromatic heterocycles. The molecule has 1 saturated carbocycles. The van der Waals surface area contributed by atoms with Crippen LogP contribution in [0.2, 0.25) is 0 Å². The molecule has 0 saturated heterocycles. The second-order valence-electron chi connectivity index (χ2n) is 7.46. The first-order chi connectivity index (χ1) is 8.99. The van der Waals surface area contributed by atoms with Crippen molar-refractivity contribution in [1.29, 1.82) is 0 Å². The zero-order valence-electron chi connectivity index (χ0n) is 13.8. The monoisotopic (exact) mass is 284 g/mol. The van der Waals surface area contributed by atoms with Gasteiger partial charge in [0.1, 0.15) is 0 Å². The number of hydrogen-bond donors (Lipinski definition) is 0. The first-order valence-electron chi connectivity index (χ1n) is 7.41. The van der Waals surface area contributed by atoms with Crippen molar-refractivity contribution in [3.05, 3.63) is 0 Å². The summed E-state index contributed by atoms with van der Waals surface area (Å²) in [7, 11) is 0. The lowest BCUT2D eigenvalue weighted by molar-refractivity contribution is -0.191. The molecule has 1 aliphatic carbocycles. The van der Waals surface area contributed by atoms with Crippen LogP contribution in [0.5, 0.6) is 0 Å². The molecule has 0 aliphatic heterocycles. The first-order valence-corrected chi connectivity index (χ1v) is 7.41. The highest BCUT2D eigenvalue weighted by atomic mass is 16.6. The minimum absolute atomic E-state index is 0.0831. The van der Waals surface area contributed by atoms with E-state index in [4.69, 9.17) is 9.47 Å². The fraction of sp³-hybridized carbons (Fsp3) is 0.875. The summed E-state index contributed by atoms with van der Waals surface area (Å²) in [4.78, 5) is 24.7. The molecular formula is C16H28O4. The predicted octanol–water partition coefficient (Wildman–Crippen LogP) is 3.33. The van der Waals surface area contributed by atoms with E-state index in [1.807, 2.05) is 0 Å². The van der Waals surface area contributed by atoms with Crippen LogP contribution in [0.25, 0.3) is 0 Å². The van der Waals surface area contributed by atoms with Crippen LogP contribution < -0.4 is 0 Å². The highest BCUT2D eigenvalue weighted by Crippen LogP contribution is 2.54. The van der Waals surface area contributed by atoms with Gasteiger partial charge in [-0.05, 0) is 51.9 Å². The van der Waals surface area contributed by atoms with E-state index in [-0.39, 0.29) is 17.6 Å². The normalized spacial score (nSPS) is 18.9. The predicted molar refractivity (Wildman–Crippen MR) is 77.1 cm³/mol. The van der Waals surface area contributed by atoms with Crippen LogP contribution in [-0.2, 0) is 19.1 Å². The average molecular weight is 284 g/mol. The molecule has 0 radical (unpaired) electrons. The molecule has 0 unspecified atom stereocenters. The van der Waals surface area contributed by atoms with Gasteiger partial charge in [0, 0.05) is 0 Å². The summed E-state index contributed by atoms with van der Waals surface area (Å²) in [6.07, 6.45) is 0.598. The standard InChI is InChI=1S/C16H28O4/c1-10(2)19-13(17)16(14(18)20-11(3)4)8-12(9-16)15(5,6)7/h10-12H,8-9H2,1-7H3. The highest BCUT2D eigenvalue weighted by molar-refractivity contribution is 6.01. The van der Waals surface area contributed by atoms with E-state index in [9.17, 15) is 9.59 Å². The maximum Gasteiger partial charge on any atom is 0.323 e. The zero-order valence-corrected chi connectivity index (χ0v) is 13.8. The van der Waals surface area contributed by atoms with Gasteiger partial charge in [0.25, 0.3) is 0 Å². The quantitative estimate of drug-likeness (QED) is 0.587. The van der Waals surface area contributed by atoms with Crippen LogP contribution in [0.15, 0.2) is 0 Å². The molecule has 0 bridgehead atoms. The van der Waals surface area contributed by atoms with Crippen LogP contribution >= 0.6 is 0 Å². The molecule has 1 fully saturated rings. The molecule has 0 spiro atoms. The topological polar surface area (TPSA) is 52.6 Å². The van der Waals surface area contributed by atoms with Crippen molar-refractivity contribution in [2.75, 3.05) is 0 Å². The lowest BCUT2D eigenvalue weighted by atomic mass is 9.54. The molecule has 0 aromatic carbocycles. The lowest BCUT2D eigenvalue weighted by Crippen LogP contribution is -2.55. The molecule has 0 atom stereocenters. The fourth-order valence-electron chi connectivity index (χ4n) is 2.46. The maximum atomic E-state index is 12.3. The van der Waals surface area contributed by atoms with Gasteiger partial charge in [0.05, 0.1) is 12.2 Å². The van der Waals surface area contributed by atoms with Gasteiger partial charge < -0.3 is 9.47 Å². The van der Waals surface area contributed by atoms with E-state index in [1.54, 1.807) is 27.7 Å². The minimum atomic E-state index is -1.09. The third-order valence-electron chi connectivity index (χ3n) is 3.88. The van der Waals surface area contributed by atoms with Crippen molar-refractivity contribution in [1.82, 2.24) is 0 Å². The number of carbonyl (C=O) groups is 2. The van der Waals surface area contributed by atoms with E-state index in [0.717, 1.165) is 0 Å². The molecular weight excluding hydrogens is 256 g/mol. The Morgan fingerprint density at radius 3 is 1.55 bits per heavy atom. The number of esters is 2. The van der Waals surface area contributed by atoms with E-state index in [0.29, 0.717) is 18.8 Å². The maximum absolute atomic E-state index is 12.3. The summed E-state index contributed by atoms with van der Waals surface area (Å²) >= 11 is 0. The molecule has 1 rings (SSSR count). The SMILES string of the molecule is CC(C)OC(=O)C1(C(=O)OC(C)C)CC(C(C)(C)C)C1. The summed E-state index contributed by atoms with van der Waals surface area (Å²) < 4.78 is 10.6. The van der Waals surface area contributed by atoms with Crippen LogP contribution in [0.3, 0.4) is 0 Å². The third kappa shape index (κ3) is 3.53. The van der Waals surface area contributed by atoms with Gasteiger partial charge in [0.15, 0.2) is 5.41 Å². The largest absolute Gasteiger partial charge is 0.462 e. The number of carbonyl (C=O) groups excluding carboxylic acids is 2. The van der Waals surface area contributed by atoms with Crippen LogP contribution in [0, 0.1) is 16.7 Å². The van der Waals surface area contributed by atoms with Gasteiger partial charge in [-0.15, -0.1) is 0 Å². The number of hydrogen-bond acceptors (Lipinski definition) is 4. The molecule has 1 aliphatic rings. The van der Waals surface area contributed by atoms with Crippen molar-refractivity contribution in [2.45, 2.75) is 73.5 Å². The Hall–Kier alpha value is -1.06. The molecule has 4 heteroatoms. The van der Waals surface area contributed by atoms with Gasteiger partial charge in [-0.25, -0.2) is 0 Å². The Kier molecular flexibility index (Phi) is 4.88. The fourth-order valence-corrected chi connectivity index (χ4v) is 2.46. The number of rotatable bonds is 4. The Morgan fingerprint density at radius 1 is 0.950 bits per heavy atom. The van der Waals surface area contributed by atoms with E-state index in [2.05, 4.69) is 20.8 Å². The van der Waals surface area contributed by atoms with Gasteiger partial charge in [-0.1, -0.05) is 20.8 Å². The Morgan fingerprint density at radius 2 is 1.30 bits per heavy atom. The molecule has 4 nitrogen and oxygen atoms in total. The van der Waals surface area contributed by atoms with Crippen molar-refractivity contribution in [3.63, 3.8) is 0 Å². The Labute approximate surface area is 122 Å². The highest BCUT2D eigenvalue weighted by Gasteiger charge is 2.60. The second kappa shape index (κ2) is 5.74. The summed E-state index contributed by atoms with van der Waals surface area (Å²) in [5, 5.41) is 0. The smallest absolute Gasteiger partial charge is 0.323 e. The summed E-state index contributed by atoms with van der Waals surface area (Å²) in [5.41, 5.74) is -1.01. The Bertz CT molecular complexity index is 346. The molecule has 0 heterocycles. The van der Waals surface area contributed by atoms with E-state index in [1.165, 1.54) is 0 Å². The van der Waals surface area contributed by atoms with Crippen molar-refractivity contribution in [2.24, 2.45) is 16.7 Å². The first kappa shape index (κ1) is 17.0. The molecule has 116 valence electrons. The average Bonchev–Trinajstić information content (AvgIpc) is 2.09. The summed E-state index contributed by atoms with van der Waals surface area (Å²) in [5.74, 6) is -0.528. The van der Waals surface area contributed by atoms with Gasteiger partial charge in [-0.3, -0.25) is 9.59 Å². The van der Waals surface area contributed by atoms with Gasteiger partial charge >= 0.3 is 11.9 Å². The summed E-state index contributed by atoms with van der Waals surface area (Å²) in [6.45, 7) is 13.5. The molecule has 20 heavy (non-hydrogen) atoms. The molecule has 0 amide bonds. The van der Waals surface area contributed by atoms with E-state index < -0.39 is 17.4 Å². The zero-order chi connectivity index (χ0) is 15.7. The van der Waals surface area contributed by atoms with Crippen LogP contribution in [-0.4, -0.2) is 24.1 Å². The van der Waals surface area contributed by atoms with Crippen molar-refractivity contribution >= 4 is 11.9 Å². The molecule has 0 N–H and O–H groups in total. The van der Waals surface area contributed by atoms with Gasteiger partial charge in [0.2, 0.25) is 0 Å². The van der Waals surface area contributed by atoms with Crippen LogP contribution in [0.4, 0.5) is 0 Å². The summed E-state index contributed by atoms with van der Waals surface area (Å²) in [6, 6.07) is 0. The van der Waals surface area contributed by atoms with Crippen molar-refractivity contribution in [3.8, 4) is 0 Å². The second-order valence-corrected chi connectivity index (χ2v) is 7.46. The van der Waals surface area contributed by atoms with Crippen molar-refractivity contribution < 1.29 is 19.1 Å². The van der Waals surface area contributed by atoms with Crippen LogP contribution in [0.1, 0.15) is 61.3 Å². The van der Waals surface area contributed by atoms with E-state index >= 15 is 0 Å². The lowest BCUT2D eigenvalue weighted by Gasteiger charge is -2.49.